The largest absolute Gasteiger partial charge is 0.372 e. The lowest BCUT2D eigenvalue weighted by atomic mass is 9.98. The van der Waals surface area contributed by atoms with Crippen LogP contribution in [0.2, 0.25) is 0 Å². The average molecular weight is 435 g/mol. The number of aromatic nitrogens is 2. The molecule has 0 aliphatic heterocycles. The number of carbonyl (C=O) groups is 1. The zero-order chi connectivity index (χ0) is 21.8. The molecule has 160 valence electrons. The second-order valence-corrected chi connectivity index (χ2v) is 8.64. The Labute approximate surface area is 185 Å². The Kier molecular flexibility index (Phi) is 6.29. The number of rotatable bonds is 6. The summed E-state index contributed by atoms with van der Waals surface area (Å²) in [6, 6.07) is 7.78. The van der Waals surface area contributed by atoms with E-state index in [4.69, 9.17) is 0 Å². The molecule has 0 bridgehead atoms. The van der Waals surface area contributed by atoms with Gasteiger partial charge in [-0.05, 0) is 31.8 Å². The standard InChI is InChI=1S/C23H26N6OS/c1-24-22-21-20(26-14-27-22)18-9-5-7-16(13-19(18)31-21)15-6-4-8-17(12-15)28-23(30)25-10-11-29(2)3/h4-9,12-14,16H,10-11H2,1-3H3,(H,24,26,27)(H2,25,28,30). The van der Waals surface area contributed by atoms with Crippen LogP contribution in [0, 0.1) is 0 Å². The van der Waals surface area contributed by atoms with Crippen LogP contribution in [-0.2, 0) is 0 Å². The van der Waals surface area contributed by atoms with Crippen LogP contribution in [0.25, 0.3) is 22.4 Å². The molecule has 1 aromatic carbocycles. The van der Waals surface area contributed by atoms with Crippen molar-refractivity contribution < 1.29 is 4.79 Å². The van der Waals surface area contributed by atoms with Crippen LogP contribution in [0.1, 0.15) is 11.5 Å². The van der Waals surface area contributed by atoms with Crippen LogP contribution >= 0.6 is 11.3 Å². The van der Waals surface area contributed by atoms with Crippen molar-refractivity contribution in [2.45, 2.75) is 5.92 Å². The lowest BCUT2D eigenvalue weighted by Gasteiger charge is -2.13. The molecule has 1 unspecified atom stereocenters. The van der Waals surface area contributed by atoms with Gasteiger partial charge >= 0.3 is 6.03 Å². The Morgan fingerprint density at radius 1 is 1.26 bits per heavy atom. The van der Waals surface area contributed by atoms with Crippen molar-refractivity contribution >= 4 is 51.2 Å². The first-order valence-electron chi connectivity index (χ1n) is 10.2. The Bertz CT molecular complexity index is 1250. The lowest BCUT2D eigenvalue weighted by Crippen LogP contribution is -2.34. The summed E-state index contributed by atoms with van der Waals surface area (Å²) in [7, 11) is 5.83. The maximum atomic E-state index is 12.2. The van der Waals surface area contributed by atoms with Gasteiger partial charge in [-0.15, -0.1) is 11.3 Å². The molecule has 0 saturated carbocycles. The predicted molar refractivity (Wildman–Crippen MR) is 129 cm³/mol. The molecule has 8 heteroatoms. The number of thiophene rings is 1. The molecule has 3 aromatic rings. The number of allylic oxidation sites excluding steroid dienone is 2. The van der Waals surface area contributed by atoms with Crippen LogP contribution in [0.4, 0.5) is 16.3 Å². The molecule has 7 nitrogen and oxygen atoms in total. The Morgan fingerprint density at radius 2 is 2.13 bits per heavy atom. The van der Waals surface area contributed by atoms with E-state index in [-0.39, 0.29) is 11.9 Å². The Balaban J connectivity index is 1.59. The molecule has 3 N–H and O–H groups in total. The molecule has 1 atom stereocenters. The summed E-state index contributed by atoms with van der Waals surface area (Å²) >= 11 is 1.69. The molecule has 2 heterocycles. The van der Waals surface area contributed by atoms with Crippen LogP contribution in [0.3, 0.4) is 0 Å². The summed E-state index contributed by atoms with van der Waals surface area (Å²) in [5, 5.41) is 10.1. The van der Waals surface area contributed by atoms with Crippen molar-refractivity contribution in [3.63, 3.8) is 0 Å². The van der Waals surface area contributed by atoms with Crippen molar-refractivity contribution in [2.24, 2.45) is 0 Å². The average Bonchev–Trinajstić information content (AvgIpc) is 2.96. The molecule has 0 saturated heterocycles. The number of likely N-dealkylation sites (N-methyl/N-ethyl adjacent to an activating group) is 1. The molecule has 0 radical (unpaired) electrons. The van der Waals surface area contributed by atoms with Gasteiger partial charge in [0.05, 0.1) is 10.2 Å². The van der Waals surface area contributed by atoms with Gasteiger partial charge in [-0.3, -0.25) is 0 Å². The van der Waals surface area contributed by atoms with E-state index >= 15 is 0 Å². The molecule has 2 amide bonds. The number of hydrogen-bond donors (Lipinski definition) is 3. The predicted octanol–water partition coefficient (Wildman–Crippen LogP) is 2.33. The van der Waals surface area contributed by atoms with Gasteiger partial charge in [0.25, 0.3) is 0 Å². The number of nitrogens with zero attached hydrogens (tertiary/aromatic N) is 3. The molecule has 0 fully saturated rings. The fourth-order valence-corrected chi connectivity index (χ4v) is 4.72. The highest BCUT2D eigenvalue weighted by molar-refractivity contribution is 7.17. The van der Waals surface area contributed by atoms with Crippen molar-refractivity contribution in [3.8, 4) is 0 Å². The minimum atomic E-state index is -0.197. The van der Waals surface area contributed by atoms with Crippen molar-refractivity contribution in [1.82, 2.24) is 20.2 Å². The van der Waals surface area contributed by atoms with E-state index in [1.807, 2.05) is 44.2 Å². The fraction of sp³-hybridized carbons (Fsp3) is 0.261. The molecule has 0 spiro atoms. The molecule has 1 aliphatic carbocycles. The number of hydrogen-bond acceptors (Lipinski definition) is 6. The first kappa shape index (κ1) is 21.0. The lowest BCUT2D eigenvalue weighted by molar-refractivity contribution is 0.250. The maximum absolute atomic E-state index is 12.2. The van der Waals surface area contributed by atoms with Gasteiger partial charge in [0.2, 0.25) is 0 Å². The van der Waals surface area contributed by atoms with E-state index in [1.54, 1.807) is 17.7 Å². The highest BCUT2D eigenvalue weighted by Crippen LogP contribution is 2.25. The van der Waals surface area contributed by atoms with Crippen LogP contribution in [0.5, 0.6) is 0 Å². The van der Waals surface area contributed by atoms with E-state index in [2.05, 4.69) is 56.3 Å². The molecule has 4 rings (SSSR count). The topological polar surface area (TPSA) is 82.2 Å². The highest BCUT2D eigenvalue weighted by Gasteiger charge is 2.13. The van der Waals surface area contributed by atoms with Gasteiger partial charge in [0, 0.05) is 41.5 Å². The van der Waals surface area contributed by atoms with Crippen molar-refractivity contribution in [1.29, 1.82) is 0 Å². The van der Waals surface area contributed by atoms with Gasteiger partial charge in [-0.1, -0.05) is 36.4 Å². The van der Waals surface area contributed by atoms with Crippen LogP contribution in [0.15, 0.2) is 42.7 Å². The zero-order valence-corrected chi connectivity index (χ0v) is 18.7. The summed E-state index contributed by atoms with van der Waals surface area (Å²) in [5.74, 6) is 0.937. The van der Waals surface area contributed by atoms with Crippen molar-refractivity contribution in [3.05, 3.63) is 58.1 Å². The van der Waals surface area contributed by atoms with E-state index in [9.17, 15) is 4.79 Å². The number of carbonyl (C=O) groups excluding carboxylic acids is 1. The van der Waals surface area contributed by atoms with Gasteiger partial charge in [-0.25, -0.2) is 14.8 Å². The molecular weight excluding hydrogens is 408 g/mol. The first-order valence-corrected chi connectivity index (χ1v) is 11.0. The Hall–Kier alpha value is -3.23. The number of fused-ring (bicyclic) bond motifs is 3. The third kappa shape index (κ3) is 4.76. The third-order valence-corrected chi connectivity index (χ3v) is 6.23. The molecule has 2 aromatic heterocycles. The fourth-order valence-electron chi connectivity index (χ4n) is 3.50. The summed E-state index contributed by atoms with van der Waals surface area (Å²) < 4.78 is 2.23. The zero-order valence-electron chi connectivity index (χ0n) is 17.8. The van der Waals surface area contributed by atoms with Gasteiger partial charge in [-0.2, -0.15) is 0 Å². The smallest absolute Gasteiger partial charge is 0.319 e. The minimum Gasteiger partial charge on any atom is -0.372 e. The van der Waals surface area contributed by atoms with E-state index in [1.165, 1.54) is 4.53 Å². The highest BCUT2D eigenvalue weighted by atomic mass is 32.1. The number of benzene rings is 1. The minimum absolute atomic E-state index is 0.0927. The van der Waals surface area contributed by atoms with E-state index in [0.29, 0.717) is 6.54 Å². The van der Waals surface area contributed by atoms with Gasteiger partial charge in [0.15, 0.2) is 0 Å². The van der Waals surface area contributed by atoms with Crippen molar-refractivity contribution in [2.75, 3.05) is 44.9 Å². The second-order valence-electron chi connectivity index (χ2n) is 7.58. The first-order chi connectivity index (χ1) is 15.0. The third-order valence-electron chi connectivity index (χ3n) is 5.06. The maximum Gasteiger partial charge on any atom is 0.319 e. The van der Waals surface area contributed by atoms with E-state index < -0.39 is 0 Å². The molecular formula is C23H26N6OS. The monoisotopic (exact) mass is 434 g/mol. The summed E-state index contributed by atoms with van der Waals surface area (Å²) in [6.45, 7) is 1.39. The normalized spacial score (nSPS) is 15.0. The quantitative estimate of drug-likeness (QED) is 0.555. The number of urea groups is 1. The summed E-state index contributed by atoms with van der Waals surface area (Å²) in [4.78, 5) is 23.0. The summed E-state index contributed by atoms with van der Waals surface area (Å²) in [6.07, 6.45) is 10.2. The molecule has 31 heavy (non-hydrogen) atoms. The number of amides is 2. The Morgan fingerprint density at radius 3 is 2.94 bits per heavy atom. The van der Waals surface area contributed by atoms with E-state index in [0.717, 1.165) is 39.0 Å². The summed E-state index contributed by atoms with van der Waals surface area (Å²) in [5.41, 5.74) is 2.85. The van der Waals surface area contributed by atoms with Gasteiger partial charge in [0.1, 0.15) is 12.1 Å². The number of anilines is 2. The molecule has 1 aliphatic rings. The second kappa shape index (κ2) is 9.28. The van der Waals surface area contributed by atoms with Crippen LogP contribution in [-0.4, -0.2) is 55.1 Å². The van der Waals surface area contributed by atoms with Gasteiger partial charge < -0.3 is 20.9 Å². The number of nitrogens with one attached hydrogen (secondary N) is 3. The van der Waals surface area contributed by atoms with Crippen LogP contribution < -0.4 is 25.7 Å². The SMILES string of the molecule is CNc1ncnc2c3c(sc12)=CC(c1cccc(NC(=O)NCCN(C)C)c1)C=CC=3.